The SMILES string of the molecule is C[Si](C)(C)C(c1cc(C([Si](C)(C)C)[Si](C)(C)C)[c]([Sb]2[S][S][Sb]([c]3c(C([Si](C)(C)C)[Si](C)(C)C)cc(C([Si](C)(C)C)[Si](C)(C)C)cc3C([Si](C)(C)C)[Si](C)(C)C)[S]2)c(C([Si](C)(C)C)[Si](C)(C)C)c1)[Si](C)(C)C. The Morgan fingerprint density at radius 1 is 0.239 bits per heavy atom. The van der Waals surface area contributed by atoms with E-state index in [-0.39, 0.29) is 0 Å². The summed E-state index contributed by atoms with van der Waals surface area (Å²) >= 11 is -4.53. The Bertz CT molecular complexity index is 1830. The quantitative estimate of drug-likeness (QED) is 0.0958. The summed E-state index contributed by atoms with van der Waals surface area (Å²) in [6, 6.07) is 12.2. The van der Waals surface area contributed by atoms with Gasteiger partial charge >= 0.3 is 485 Å². The van der Waals surface area contributed by atoms with E-state index in [1.54, 1.807) is 0 Å². The topological polar surface area (TPSA) is 0 Å². The summed E-state index contributed by atoms with van der Waals surface area (Å²) < 4.78 is 4.16. The second-order valence-corrected chi connectivity index (χ2v) is 141. The average molecular weight is 1440 g/mol. The Kier molecular flexibility index (Phi) is 22.2. The van der Waals surface area contributed by atoms with Gasteiger partial charge < -0.3 is 0 Å². The van der Waals surface area contributed by atoms with Gasteiger partial charge in [0.1, 0.15) is 0 Å². The van der Waals surface area contributed by atoms with Gasteiger partial charge in [0, 0.05) is 0 Å². The van der Waals surface area contributed by atoms with Crippen LogP contribution in [0.4, 0.5) is 0 Å². The molecule has 0 amide bonds. The van der Waals surface area contributed by atoms with Crippen LogP contribution in [0.25, 0.3) is 0 Å². The van der Waals surface area contributed by atoms with Gasteiger partial charge in [0.15, 0.2) is 0 Å². The van der Waals surface area contributed by atoms with Crippen LogP contribution in [0.5, 0.6) is 0 Å². The zero-order valence-electron chi connectivity index (χ0n) is 53.9. The third-order valence-electron chi connectivity index (χ3n) is 15.4. The summed E-state index contributed by atoms with van der Waals surface area (Å²) in [5, 5.41) is 4.63. The molecule has 0 bridgehead atoms. The fourth-order valence-electron chi connectivity index (χ4n) is 16.9. The van der Waals surface area contributed by atoms with Crippen molar-refractivity contribution in [2.24, 2.45) is 0 Å². The first-order valence-electron chi connectivity index (χ1n) is 27.8. The van der Waals surface area contributed by atoms with Crippen LogP contribution >= 0.6 is 21.7 Å². The van der Waals surface area contributed by atoms with E-state index < -0.39 is 132 Å². The normalized spacial score (nSPS) is 16.9. The van der Waals surface area contributed by atoms with Gasteiger partial charge in [-0.1, -0.05) is 0 Å². The molecular formula is C54H118S3Sb2Si12. The van der Waals surface area contributed by atoms with Crippen molar-refractivity contribution >= 4 is 160 Å². The summed E-state index contributed by atoms with van der Waals surface area (Å²) in [5.74, 6) is 2.83. The number of rotatable bonds is 20. The van der Waals surface area contributed by atoms with Gasteiger partial charge in [0.2, 0.25) is 0 Å². The molecule has 0 atom stereocenters. The maximum atomic E-state index is 3.06. The van der Waals surface area contributed by atoms with Crippen molar-refractivity contribution in [1.82, 2.24) is 0 Å². The van der Waals surface area contributed by atoms with Crippen molar-refractivity contribution in [1.29, 1.82) is 0 Å². The molecule has 0 aliphatic carbocycles. The molecule has 1 aliphatic rings. The van der Waals surface area contributed by atoms with E-state index in [4.69, 9.17) is 0 Å². The van der Waals surface area contributed by atoms with Crippen molar-refractivity contribution in [2.75, 3.05) is 0 Å². The molecule has 2 aromatic carbocycles. The van der Waals surface area contributed by atoms with Crippen molar-refractivity contribution < 1.29 is 0 Å². The van der Waals surface area contributed by atoms with Crippen LogP contribution in [0.1, 0.15) is 64.4 Å². The summed E-state index contributed by atoms with van der Waals surface area (Å²) in [6.45, 7) is 99.8. The molecule has 410 valence electrons. The minimum atomic E-state index is -2.26. The van der Waals surface area contributed by atoms with Gasteiger partial charge in [-0.15, -0.1) is 0 Å². The summed E-state index contributed by atoms with van der Waals surface area (Å²) in [6.07, 6.45) is 0. The van der Waals surface area contributed by atoms with E-state index in [2.05, 4.69) is 289 Å². The standard InChI is InChI=1S/2C27H59Si6.S2.S.2Sb/c2*1-28(2,3)25(29(4,5)6)22-19-23(26(30(7,8)9)31(10,11)12)21-24(20-22)27(32(13,14)15)33(16,17)18;1-2;;;/h2*19-20,25-27H,1-18H3;;;;/q;;-2;;2*+1. The molecule has 17 heteroatoms. The summed E-state index contributed by atoms with van der Waals surface area (Å²) in [5.41, 5.74) is 11.5. The number of hydrogen-bond donors (Lipinski definition) is 0. The van der Waals surface area contributed by atoms with Gasteiger partial charge in [-0.25, -0.2) is 0 Å². The number of benzene rings is 2. The van der Waals surface area contributed by atoms with Crippen LogP contribution in [0.3, 0.4) is 0 Å². The first kappa shape index (κ1) is 69.0. The molecule has 0 nitrogen and oxygen atoms in total. The zero-order valence-corrected chi connectivity index (χ0v) is 73.4. The monoisotopic (exact) mass is 1440 g/mol. The van der Waals surface area contributed by atoms with Crippen molar-refractivity contribution in [3.05, 3.63) is 57.6 Å². The Labute approximate surface area is 478 Å². The maximum absolute atomic E-state index is 3.06. The molecule has 0 unspecified atom stereocenters. The van der Waals surface area contributed by atoms with Crippen molar-refractivity contribution in [3.8, 4) is 0 Å². The first-order chi connectivity index (χ1) is 30.9. The fourth-order valence-corrected chi connectivity index (χ4v) is 234. The summed E-state index contributed by atoms with van der Waals surface area (Å²) in [7, 11) is -14.3. The van der Waals surface area contributed by atoms with Crippen LogP contribution in [0.15, 0.2) is 24.3 Å². The Balaban J connectivity index is 2.87. The zero-order chi connectivity index (χ0) is 56.2. The predicted octanol–water partition coefficient (Wildman–Crippen LogP) is 19.9. The second kappa shape index (κ2) is 22.8. The van der Waals surface area contributed by atoms with E-state index >= 15 is 0 Å². The van der Waals surface area contributed by atoms with Gasteiger partial charge in [0.25, 0.3) is 0 Å². The Hall–Kier alpha value is 3.73. The first-order valence-corrected chi connectivity index (χ1v) is 88.6. The predicted molar refractivity (Wildman–Crippen MR) is 383 cm³/mol. The van der Waals surface area contributed by atoms with E-state index in [0.29, 0.717) is 0 Å². The van der Waals surface area contributed by atoms with E-state index in [0.717, 1.165) is 31.0 Å². The summed E-state index contributed by atoms with van der Waals surface area (Å²) in [4.78, 5) is 0. The molecule has 2 aromatic rings. The van der Waals surface area contributed by atoms with Crippen molar-refractivity contribution in [3.63, 3.8) is 0 Å². The molecule has 1 heterocycles. The molecule has 1 saturated heterocycles. The molecule has 1 fully saturated rings. The second-order valence-electron chi connectivity index (χ2n) is 35.8. The van der Waals surface area contributed by atoms with Crippen LogP contribution in [-0.4, -0.2) is 132 Å². The Morgan fingerprint density at radius 2 is 0.380 bits per heavy atom. The molecule has 0 N–H and O–H groups in total. The van der Waals surface area contributed by atoms with Crippen LogP contribution < -0.4 is 7.02 Å². The van der Waals surface area contributed by atoms with Crippen LogP contribution in [0, 0.1) is 0 Å². The van der Waals surface area contributed by atoms with E-state index in [9.17, 15) is 0 Å². The average Bonchev–Trinajstić information content (AvgIpc) is 3.45. The third-order valence-corrected chi connectivity index (χ3v) is 148. The number of hydrogen-bond acceptors (Lipinski definition) is 3. The molecule has 0 spiro atoms. The minimum absolute atomic E-state index is 0.768. The van der Waals surface area contributed by atoms with Crippen LogP contribution in [-0.2, 0) is 0 Å². The molecule has 0 radical (unpaired) electrons. The van der Waals surface area contributed by atoms with Gasteiger partial charge in [-0.3, -0.25) is 0 Å². The van der Waals surface area contributed by atoms with Crippen molar-refractivity contribution in [2.45, 2.75) is 267 Å². The Morgan fingerprint density at radius 3 is 0.507 bits per heavy atom. The van der Waals surface area contributed by atoms with Crippen LogP contribution in [0.2, 0.25) is 236 Å². The molecule has 3 rings (SSSR count). The van der Waals surface area contributed by atoms with Gasteiger partial charge in [0.05, 0.1) is 0 Å². The van der Waals surface area contributed by atoms with Gasteiger partial charge in [-0.2, -0.15) is 0 Å². The molecular weight excluding hydrogens is 1330 g/mol. The van der Waals surface area contributed by atoms with E-state index in [1.165, 1.54) is 0 Å². The molecule has 0 saturated carbocycles. The fraction of sp³-hybridized carbons (Fsp3) is 0.778. The van der Waals surface area contributed by atoms with E-state index in [1.807, 2.05) is 33.4 Å². The molecule has 1 aliphatic heterocycles. The molecule has 71 heavy (non-hydrogen) atoms. The molecule has 0 aromatic heterocycles. The van der Waals surface area contributed by atoms with Gasteiger partial charge in [-0.05, 0) is 0 Å². The third kappa shape index (κ3) is 17.1.